The lowest BCUT2D eigenvalue weighted by atomic mass is 10.0. The van der Waals surface area contributed by atoms with Crippen LogP contribution >= 0.6 is 0 Å². The van der Waals surface area contributed by atoms with E-state index in [1.165, 1.54) is 10.6 Å². The monoisotopic (exact) mass is 327 g/mol. The van der Waals surface area contributed by atoms with Crippen molar-refractivity contribution in [1.29, 1.82) is 0 Å². The lowest BCUT2D eigenvalue weighted by molar-refractivity contribution is 0.0775. The van der Waals surface area contributed by atoms with E-state index in [1.807, 2.05) is 4.90 Å². The third kappa shape index (κ3) is 2.54. The smallest absolute Gasteiger partial charge is 0.255 e. The molecule has 7 heteroatoms. The maximum absolute atomic E-state index is 12.8. The first-order chi connectivity index (χ1) is 11.5. The number of rotatable bonds is 2. The van der Waals surface area contributed by atoms with Gasteiger partial charge in [0.2, 0.25) is 0 Å². The van der Waals surface area contributed by atoms with Gasteiger partial charge >= 0.3 is 0 Å². The van der Waals surface area contributed by atoms with Crippen molar-refractivity contribution in [2.75, 3.05) is 33.2 Å². The maximum Gasteiger partial charge on any atom is 0.255 e. The first kappa shape index (κ1) is 15.1. The van der Waals surface area contributed by atoms with Crippen LogP contribution in [0.25, 0.3) is 5.69 Å². The maximum atomic E-state index is 12.8. The van der Waals surface area contributed by atoms with E-state index in [-0.39, 0.29) is 11.5 Å². The predicted octanol–water partition coefficient (Wildman–Crippen LogP) is 0.205. The molecule has 1 amide bonds. The highest BCUT2D eigenvalue weighted by Crippen LogP contribution is 2.30. The fraction of sp³-hybridized carbons (Fsp3) is 0.471. The highest BCUT2D eigenvalue weighted by Gasteiger charge is 2.40. The van der Waals surface area contributed by atoms with Crippen LogP contribution in [0.2, 0.25) is 0 Å². The number of carbonyl (C=O) groups is 1. The average molecular weight is 327 g/mol. The number of pyridine rings is 1. The van der Waals surface area contributed by atoms with Crippen molar-refractivity contribution in [2.45, 2.75) is 0 Å². The van der Waals surface area contributed by atoms with Crippen molar-refractivity contribution < 1.29 is 4.79 Å². The van der Waals surface area contributed by atoms with Gasteiger partial charge in [-0.2, -0.15) is 5.10 Å². The second-order valence-electron chi connectivity index (χ2n) is 6.95. The molecular formula is C17H21N5O2. The normalized spacial score (nSPS) is 23.7. The van der Waals surface area contributed by atoms with Crippen LogP contribution in [0.1, 0.15) is 10.4 Å². The standard InChI is InChI=1S/C17H21N5O2/c1-19-6-13-8-21(9-14(13)7-19)17(24)12-3-4-16(23)22(10-12)15-5-18-20(2)11-15/h3-5,10-11,13-14H,6-9H2,1-2H3/t13-,14+. The average Bonchev–Trinajstić information content (AvgIpc) is 3.21. The van der Waals surface area contributed by atoms with Gasteiger partial charge in [0.1, 0.15) is 0 Å². The first-order valence-electron chi connectivity index (χ1n) is 8.21. The van der Waals surface area contributed by atoms with Gasteiger partial charge in [0.05, 0.1) is 17.4 Å². The summed E-state index contributed by atoms with van der Waals surface area (Å²) >= 11 is 0. The molecule has 2 aliphatic rings. The van der Waals surface area contributed by atoms with Crippen LogP contribution in [0.4, 0.5) is 0 Å². The molecule has 2 atom stereocenters. The van der Waals surface area contributed by atoms with Crippen LogP contribution in [-0.2, 0) is 7.05 Å². The van der Waals surface area contributed by atoms with Crippen LogP contribution in [0.15, 0.2) is 35.5 Å². The van der Waals surface area contributed by atoms with Gasteiger partial charge in [-0.1, -0.05) is 0 Å². The minimum Gasteiger partial charge on any atom is -0.338 e. The highest BCUT2D eigenvalue weighted by molar-refractivity contribution is 5.94. The molecule has 0 bridgehead atoms. The molecule has 2 saturated heterocycles. The minimum atomic E-state index is -0.167. The Labute approximate surface area is 140 Å². The zero-order valence-corrected chi connectivity index (χ0v) is 13.9. The summed E-state index contributed by atoms with van der Waals surface area (Å²) in [6.45, 7) is 3.73. The number of carbonyl (C=O) groups excluding carboxylic acids is 1. The Balaban J connectivity index is 1.59. The molecule has 0 saturated carbocycles. The fourth-order valence-electron chi connectivity index (χ4n) is 3.92. The van der Waals surface area contributed by atoms with Gasteiger partial charge in [0.25, 0.3) is 11.5 Å². The molecule has 0 N–H and O–H groups in total. The predicted molar refractivity (Wildman–Crippen MR) is 89.2 cm³/mol. The molecular weight excluding hydrogens is 306 g/mol. The number of aryl methyl sites for hydroxylation is 1. The Hall–Kier alpha value is -2.41. The topological polar surface area (TPSA) is 63.4 Å². The van der Waals surface area contributed by atoms with Crippen molar-refractivity contribution in [3.8, 4) is 5.69 Å². The highest BCUT2D eigenvalue weighted by atomic mass is 16.2. The van der Waals surface area contributed by atoms with Crippen LogP contribution in [0, 0.1) is 11.8 Å². The lowest BCUT2D eigenvalue weighted by Crippen LogP contribution is -2.33. The van der Waals surface area contributed by atoms with Gasteiger partial charge in [-0.3, -0.25) is 18.8 Å². The number of likely N-dealkylation sites (tertiary alicyclic amines) is 2. The van der Waals surface area contributed by atoms with Gasteiger partial charge in [-0.25, -0.2) is 0 Å². The van der Waals surface area contributed by atoms with E-state index in [0.29, 0.717) is 23.1 Å². The summed E-state index contributed by atoms with van der Waals surface area (Å²) in [5.74, 6) is 1.15. The van der Waals surface area contributed by atoms with Crippen molar-refractivity contribution in [3.63, 3.8) is 0 Å². The largest absolute Gasteiger partial charge is 0.338 e. The van der Waals surface area contributed by atoms with Gasteiger partial charge in [0.15, 0.2) is 0 Å². The molecule has 0 unspecified atom stereocenters. The molecule has 0 spiro atoms. The summed E-state index contributed by atoms with van der Waals surface area (Å²) in [7, 11) is 3.93. The quantitative estimate of drug-likeness (QED) is 0.791. The molecule has 2 aromatic rings. The number of fused-ring (bicyclic) bond motifs is 1. The van der Waals surface area contributed by atoms with E-state index < -0.39 is 0 Å². The fourth-order valence-corrected chi connectivity index (χ4v) is 3.92. The van der Waals surface area contributed by atoms with E-state index in [1.54, 1.807) is 36.4 Å². The molecule has 4 rings (SSSR count). The van der Waals surface area contributed by atoms with E-state index in [4.69, 9.17) is 0 Å². The summed E-state index contributed by atoms with van der Waals surface area (Å²) in [5, 5.41) is 4.09. The van der Waals surface area contributed by atoms with E-state index >= 15 is 0 Å². The Bertz CT molecular complexity index is 826. The minimum absolute atomic E-state index is 0.00435. The number of hydrogen-bond acceptors (Lipinski definition) is 4. The van der Waals surface area contributed by atoms with E-state index in [0.717, 1.165) is 26.2 Å². The van der Waals surface area contributed by atoms with Crippen molar-refractivity contribution in [2.24, 2.45) is 18.9 Å². The molecule has 7 nitrogen and oxygen atoms in total. The molecule has 0 aliphatic carbocycles. The zero-order chi connectivity index (χ0) is 16.8. The number of amides is 1. The van der Waals surface area contributed by atoms with Crippen LogP contribution in [0.5, 0.6) is 0 Å². The third-order valence-electron chi connectivity index (χ3n) is 5.08. The van der Waals surface area contributed by atoms with Crippen molar-refractivity contribution >= 4 is 5.91 Å². The SMILES string of the molecule is CN1C[C@@H]2CN(C(=O)c3ccc(=O)n(-c4cnn(C)c4)c3)C[C@@H]2C1. The Morgan fingerprint density at radius 2 is 1.79 bits per heavy atom. The number of nitrogens with zero attached hydrogens (tertiary/aromatic N) is 5. The Morgan fingerprint density at radius 1 is 1.08 bits per heavy atom. The second-order valence-corrected chi connectivity index (χ2v) is 6.95. The molecule has 126 valence electrons. The van der Waals surface area contributed by atoms with Gasteiger partial charge in [-0.15, -0.1) is 0 Å². The second kappa shape index (κ2) is 5.59. The first-order valence-corrected chi connectivity index (χ1v) is 8.21. The molecule has 2 fully saturated rings. The molecule has 24 heavy (non-hydrogen) atoms. The zero-order valence-electron chi connectivity index (χ0n) is 13.9. The third-order valence-corrected chi connectivity index (χ3v) is 5.08. The van der Waals surface area contributed by atoms with E-state index in [2.05, 4.69) is 17.0 Å². The van der Waals surface area contributed by atoms with Crippen LogP contribution in [0.3, 0.4) is 0 Å². The molecule has 0 radical (unpaired) electrons. The summed E-state index contributed by atoms with van der Waals surface area (Å²) < 4.78 is 3.11. The van der Waals surface area contributed by atoms with Crippen LogP contribution < -0.4 is 5.56 Å². The molecule has 2 aliphatic heterocycles. The van der Waals surface area contributed by atoms with Gasteiger partial charge < -0.3 is 9.80 Å². The Morgan fingerprint density at radius 3 is 2.42 bits per heavy atom. The molecule has 4 heterocycles. The summed E-state index contributed by atoms with van der Waals surface area (Å²) in [6.07, 6.45) is 5.00. The lowest BCUT2D eigenvalue weighted by Gasteiger charge is -2.19. The number of hydrogen-bond donors (Lipinski definition) is 0. The van der Waals surface area contributed by atoms with Crippen molar-refractivity contribution in [1.82, 2.24) is 24.1 Å². The summed E-state index contributed by atoms with van der Waals surface area (Å²) in [5.41, 5.74) is 1.04. The van der Waals surface area contributed by atoms with Crippen molar-refractivity contribution in [3.05, 3.63) is 46.6 Å². The number of aromatic nitrogens is 3. The Kier molecular flexibility index (Phi) is 3.53. The molecule has 0 aromatic carbocycles. The summed E-state index contributed by atoms with van der Waals surface area (Å²) in [6, 6.07) is 3.07. The van der Waals surface area contributed by atoms with E-state index in [9.17, 15) is 9.59 Å². The molecule has 2 aromatic heterocycles. The van der Waals surface area contributed by atoms with Gasteiger partial charge in [0, 0.05) is 51.7 Å². The summed E-state index contributed by atoms with van der Waals surface area (Å²) in [4.78, 5) is 29.2. The van der Waals surface area contributed by atoms with Gasteiger partial charge in [-0.05, 0) is 24.9 Å². The van der Waals surface area contributed by atoms with Crippen LogP contribution in [-0.4, -0.2) is 63.3 Å².